The molecule has 2 N–H and O–H groups in total. The van der Waals surface area contributed by atoms with Crippen molar-refractivity contribution in [2.75, 3.05) is 5.73 Å². The molecule has 0 unspecified atom stereocenters. The van der Waals surface area contributed by atoms with Gasteiger partial charge in [0, 0.05) is 12.7 Å². The lowest BCUT2D eigenvalue weighted by molar-refractivity contribution is -0.140. The summed E-state index contributed by atoms with van der Waals surface area (Å²) in [6.07, 6.45) is -1.92. The van der Waals surface area contributed by atoms with E-state index in [1.54, 1.807) is 6.92 Å². The first kappa shape index (κ1) is 15.2. The molecule has 0 atom stereocenters. The standard InChI is InChI=1S/C12H15F3N6/c1-3-4-5-21-10(18-7(2)20-21)8-6-17-11(16)19-9(8)12(13,14)15/h6H,3-5H2,1-2H3,(H2,16,17,19). The van der Waals surface area contributed by atoms with E-state index in [-0.39, 0.29) is 11.4 Å². The molecule has 2 aromatic heterocycles. The maximum Gasteiger partial charge on any atom is 0.434 e. The summed E-state index contributed by atoms with van der Waals surface area (Å²) in [7, 11) is 0. The minimum absolute atomic E-state index is 0.105. The SMILES string of the molecule is CCCCn1nc(C)nc1-c1cnc(N)nc1C(F)(F)F. The second-order valence-electron chi connectivity index (χ2n) is 4.55. The number of aromatic nitrogens is 5. The summed E-state index contributed by atoms with van der Waals surface area (Å²) in [5.74, 6) is 0.0711. The van der Waals surface area contributed by atoms with Gasteiger partial charge < -0.3 is 5.73 Å². The summed E-state index contributed by atoms with van der Waals surface area (Å²) in [5, 5.41) is 4.12. The van der Waals surface area contributed by atoms with Crippen LogP contribution in [0.25, 0.3) is 11.4 Å². The van der Waals surface area contributed by atoms with Gasteiger partial charge in [0.1, 0.15) is 5.82 Å². The Bertz CT molecular complexity index is 634. The Morgan fingerprint density at radius 3 is 2.62 bits per heavy atom. The molecule has 0 bridgehead atoms. The maximum absolute atomic E-state index is 13.1. The Morgan fingerprint density at radius 2 is 2.00 bits per heavy atom. The van der Waals surface area contributed by atoms with Crippen molar-refractivity contribution in [3.63, 3.8) is 0 Å². The van der Waals surface area contributed by atoms with Crippen LogP contribution in [0.15, 0.2) is 6.20 Å². The molecule has 6 nitrogen and oxygen atoms in total. The smallest absolute Gasteiger partial charge is 0.368 e. The summed E-state index contributed by atoms with van der Waals surface area (Å²) in [4.78, 5) is 11.0. The third-order valence-electron chi connectivity index (χ3n) is 2.82. The fourth-order valence-corrected chi connectivity index (χ4v) is 1.89. The van der Waals surface area contributed by atoms with Crippen LogP contribution >= 0.6 is 0 Å². The first-order valence-electron chi connectivity index (χ1n) is 6.44. The highest BCUT2D eigenvalue weighted by Gasteiger charge is 2.37. The molecule has 114 valence electrons. The van der Waals surface area contributed by atoms with E-state index in [4.69, 9.17) is 5.73 Å². The van der Waals surface area contributed by atoms with Gasteiger partial charge in [0.25, 0.3) is 0 Å². The Labute approximate surface area is 119 Å². The van der Waals surface area contributed by atoms with Crippen molar-refractivity contribution in [3.05, 3.63) is 17.7 Å². The van der Waals surface area contributed by atoms with Crippen molar-refractivity contribution < 1.29 is 13.2 Å². The number of nitrogens with zero attached hydrogens (tertiary/aromatic N) is 5. The molecular weight excluding hydrogens is 285 g/mol. The first-order chi connectivity index (χ1) is 9.82. The van der Waals surface area contributed by atoms with Crippen molar-refractivity contribution in [2.24, 2.45) is 0 Å². The lowest BCUT2D eigenvalue weighted by atomic mass is 10.2. The van der Waals surface area contributed by atoms with Gasteiger partial charge in [0.2, 0.25) is 5.95 Å². The van der Waals surface area contributed by atoms with Crippen LogP contribution in [0.3, 0.4) is 0 Å². The van der Waals surface area contributed by atoms with Crippen molar-refractivity contribution in [1.82, 2.24) is 24.7 Å². The fourth-order valence-electron chi connectivity index (χ4n) is 1.89. The molecule has 0 saturated heterocycles. The average Bonchev–Trinajstić information content (AvgIpc) is 2.76. The molecule has 0 radical (unpaired) electrons. The predicted octanol–water partition coefficient (Wildman–Crippen LogP) is 2.44. The van der Waals surface area contributed by atoms with Gasteiger partial charge in [-0.25, -0.2) is 19.6 Å². The number of alkyl halides is 3. The first-order valence-corrected chi connectivity index (χ1v) is 6.44. The number of hydrogen-bond donors (Lipinski definition) is 1. The van der Waals surface area contributed by atoms with E-state index in [1.165, 1.54) is 4.68 Å². The molecule has 0 aromatic carbocycles. The zero-order valence-corrected chi connectivity index (χ0v) is 11.6. The number of hydrogen-bond acceptors (Lipinski definition) is 5. The Balaban J connectivity index is 2.56. The van der Waals surface area contributed by atoms with Crippen molar-refractivity contribution in [3.8, 4) is 11.4 Å². The van der Waals surface area contributed by atoms with Crippen molar-refractivity contribution in [2.45, 2.75) is 39.4 Å². The minimum Gasteiger partial charge on any atom is -0.368 e. The number of aryl methyl sites for hydroxylation is 2. The van der Waals surface area contributed by atoms with Gasteiger partial charge in [-0.2, -0.15) is 18.3 Å². The van der Waals surface area contributed by atoms with Crippen molar-refractivity contribution in [1.29, 1.82) is 0 Å². The molecule has 21 heavy (non-hydrogen) atoms. The van der Waals surface area contributed by atoms with E-state index < -0.39 is 17.8 Å². The Kier molecular flexibility index (Phi) is 4.10. The third-order valence-corrected chi connectivity index (χ3v) is 2.82. The zero-order chi connectivity index (χ0) is 15.6. The molecule has 2 heterocycles. The maximum atomic E-state index is 13.1. The van der Waals surface area contributed by atoms with E-state index in [0.29, 0.717) is 12.4 Å². The largest absolute Gasteiger partial charge is 0.434 e. The number of nitrogen functional groups attached to an aromatic ring is 1. The molecule has 9 heteroatoms. The minimum atomic E-state index is -4.64. The van der Waals surface area contributed by atoms with Crippen LogP contribution in [0.2, 0.25) is 0 Å². The summed E-state index contributed by atoms with van der Waals surface area (Å²) >= 11 is 0. The summed E-state index contributed by atoms with van der Waals surface area (Å²) < 4.78 is 40.8. The number of rotatable bonds is 4. The molecule has 2 aromatic rings. The van der Waals surface area contributed by atoms with Gasteiger partial charge >= 0.3 is 6.18 Å². The lowest BCUT2D eigenvalue weighted by Crippen LogP contribution is -2.14. The number of unbranched alkanes of at least 4 members (excludes halogenated alkanes) is 1. The van der Waals surface area contributed by atoms with E-state index in [9.17, 15) is 13.2 Å². The summed E-state index contributed by atoms with van der Waals surface area (Å²) in [6.45, 7) is 4.09. The monoisotopic (exact) mass is 300 g/mol. The number of anilines is 1. The van der Waals surface area contributed by atoms with Crippen LogP contribution in [0.5, 0.6) is 0 Å². The number of nitrogens with two attached hydrogens (primary N) is 1. The quantitative estimate of drug-likeness (QED) is 0.937. The molecule has 0 aliphatic heterocycles. The van der Waals surface area contributed by atoms with Gasteiger partial charge in [-0.15, -0.1) is 0 Å². The van der Waals surface area contributed by atoms with Gasteiger partial charge in [0.15, 0.2) is 11.5 Å². The fraction of sp³-hybridized carbons (Fsp3) is 0.500. The molecule has 0 amide bonds. The van der Waals surface area contributed by atoms with Crippen LogP contribution < -0.4 is 5.73 Å². The molecular formula is C12H15F3N6. The molecule has 0 fully saturated rings. The lowest BCUT2D eigenvalue weighted by Gasteiger charge is -2.12. The van der Waals surface area contributed by atoms with E-state index >= 15 is 0 Å². The van der Waals surface area contributed by atoms with Crippen LogP contribution in [-0.4, -0.2) is 24.7 Å². The normalized spacial score (nSPS) is 11.9. The molecule has 0 saturated carbocycles. The second kappa shape index (κ2) is 5.66. The molecule has 0 aliphatic rings. The van der Waals surface area contributed by atoms with E-state index in [1.807, 2.05) is 6.92 Å². The van der Waals surface area contributed by atoms with Crippen LogP contribution in [0.4, 0.5) is 19.1 Å². The highest BCUT2D eigenvalue weighted by atomic mass is 19.4. The zero-order valence-electron chi connectivity index (χ0n) is 11.6. The Morgan fingerprint density at radius 1 is 1.29 bits per heavy atom. The topological polar surface area (TPSA) is 82.5 Å². The molecule has 2 rings (SSSR count). The highest BCUT2D eigenvalue weighted by Crippen LogP contribution is 2.35. The third kappa shape index (κ3) is 3.29. The predicted molar refractivity (Wildman–Crippen MR) is 70.1 cm³/mol. The highest BCUT2D eigenvalue weighted by molar-refractivity contribution is 5.59. The van der Waals surface area contributed by atoms with Crippen LogP contribution in [0, 0.1) is 6.92 Å². The van der Waals surface area contributed by atoms with Crippen LogP contribution in [-0.2, 0) is 12.7 Å². The summed E-state index contributed by atoms with van der Waals surface area (Å²) in [5.41, 5.74) is 3.95. The van der Waals surface area contributed by atoms with Gasteiger partial charge in [-0.3, -0.25) is 0 Å². The van der Waals surface area contributed by atoms with E-state index in [2.05, 4.69) is 20.1 Å². The van der Waals surface area contributed by atoms with Crippen LogP contribution in [0.1, 0.15) is 31.3 Å². The van der Waals surface area contributed by atoms with Gasteiger partial charge in [-0.1, -0.05) is 13.3 Å². The van der Waals surface area contributed by atoms with Gasteiger partial charge in [0.05, 0.1) is 5.56 Å². The number of halogens is 3. The average molecular weight is 300 g/mol. The van der Waals surface area contributed by atoms with Crippen molar-refractivity contribution >= 4 is 5.95 Å². The second-order valence-corrected chi connectivity index (χ2v) is 4.55. The summed E-state index contributed by atoms with van der Waals surface area (Å²) in [6, 6.07) is 0. The molecule has 0 spiro atoms. The van der Waals surface area contributed by atoms with E-state index in [0.717, 1.165) is 19.0 Å². The Hall–Kier alpha value is -2.19. The van der Waals surface area contributed by atoms with Gasteiger partial charge in [-0.05, 0) is 13.3 Å². The molecule has 0 aliphatic carbocycles.